The molecule has 256 valence electrons. The molecule has 46 heavy (non-hydrogen) atoms. The van der Waals surface area contributed by atoms with Crippen molar-refractivity contribution in [3.05, 3.63) is 65.0 Å². The van der Waals surface area contributed by atoms with E-state index in [2.05, 4.69) is 4.90 Å². The van der Waals surface area contributed by atoms with Gasteiger partial charge < -0.3 is 15.1 Å². The number of carbonyl (C=O) groups is 1. The monoisotopic (exact) mass is 669 g/mol. The Morgan fingerprint density at radius 1 is 0.913 bits per heavy atom. The van der Waals surface area contributed by atoms with Gasteiger partial charge in [-0.15, -0.1) is 0 Å². The molecule has 0 radical (unpaired) electrons. The van der Waals surface area contributed by atoms with Gasteiger partial charge in [0.1, 0.15) is 21.4 Å². The Morgan fingerprint density at radius 2 is 1.57 bits per heavy atom. The number of carboxylic acids is 1. The first-order valence-electron chi connectivity index (χ1n) is 16.3. The van der Waals surface area contributed by atoms with Crippen LogP contribution in [0.5, 0.6) is 5.75 Å². The van der Waals surface area contributed by atoms with Crippen molar-refractivity contribution >= 4 is 27.0 Å². The summed E-state index contributed by atoms with van der Waals surface area (Å²) in [6.07, 6.45) is 1.99. The van der Waals surface area contributed by atoms with E-state index in [0.717, 1.165) is 68.1 Å². The van der Waals surface area contributed by atoms with E-state index in [1.807, 2.05) is 31.2 Å². The molecule has 1 aliphatic carbocycles. The van der Waals surface area contributed by atoms with Gasteiger partial charge in [-0.25, -0.2) is 12.8 Å². The third kappa shape index (κ3) is 13.1. The number of alkyl halides is 3. The number of allylic oxidation sites excluding steroid dienone is 2. The maximum Gasteiger partial charge on any atom is 0.389 e. The van der Waals surface area contributed by atoms with Crippen LogP contribution in [-0.4, -0.2) is 66.3 Å². The van der Waals surface area contributed by atoms with E-state index in [1.165, 1.54) is 23.3 Å². The number of hydrogen-bond acceptors (Lipinski definition) is 5. The minimum Gasteiger partial charge on any atom is -0.508 e. The molecular weight excluding hydrogens is 622 g/mol. The van der Waals surface area contributed by atoms with Gasteiger partial charge in [-0.05, 0) is 130 Å². The molecule has 0 bridgehead atoms. The molecule has 11 heteroatoms. The summed E-state index contributed by atoms with van der Waals surface area (Å²) in [5, 5.41) is 19.4. The molecule has 2 aromatic carbocycles. The van der Waals surface area contributed by atoms with Crippen LogP contribution in [-0.2, 0) is 21.1 Å². The minimum atomic E-state index is -4.37. The van der Waals surface area contributed by atoms with Crippen LogP contribution in [0.25, 0.3) is 11.1 Å². The lowest BCUT2D eigenvalue weighted by Crippen LogP contribution is -2.36. The van der Waals surface area contributed by atoms with Crippen LogP contribution in [0.2, 0.25) is 0 Å². The average Bonchev–Trinajstić information content (AvgIpc) is 3.13. The lowest BCUT2D eigenvalue weighted by atomic mass is 9.89. The van der Waals surface area contributed by atoms with Crippen molar-refractivity contribution in [2.45, 2.75) is 103 Å². The van der Waals surface area contributed by atoms with Crippen molar-refractivity contribution in [1.29, 1.82) is 0 Å². The highest BCUT2D eigenvalue weighted by molar-refractivity contribution is 7.91. The summed E-state index contributed by atoms with van der Waals surface area (Å²) in [6, 6.07) is 11.9. The smallest absolute Gasteiger partial charge is 0.389 e. The normalized spacial score (nSPS) is 14.7. The van der Waals surface area contributed by atoms with Crippen LogP contribution in [0.1, 0.15) is 101 Å². The second-order valence-electron chi connectivity index (χ2n) is 12.4. The zero-order chi connectivity index (χ0) is 33.7. The number of sulfone groups is 1. The zero-order valence-electron chi connectivity index (χ0n) is 26.6. The largest absolute Gasteiger partial charge is 0.508 e. The summed E-state index contributed by atoms with van der Waals surface area (Å²) in [4.78, 5) is 13.4. The van der Waals surface area contributed by atoms with Crippen LogP contribution >= 0.6 is 0 Å². The summed E-state index contributed by atoms with van der Waals surface area (Å²) >= 11 is 0. The van der Waals surface area contributed by atoms with Gasteiger partial charge in [-0.3, -0.25) is 4.79 Å². The zero-order valence-corrected chi connectivity index (χ0v) is 27.4. The highest BCUT2D eigenvalue weighted by Crippen LogP contribution is 2.39. The Morgan fingerprint density at radius 3 is 2.24 bits per heavy atom. The standard InChI is InChI=1S/C35H47F4NO5S/c1-26(24-34(42)43)40(21-6-7-22-46(44,45)23-9-19-35(37,38)39)20-5-3-2-4-11-33-31(27-13-15-29(36)16-14-27)12-8-10-28-25-30(41)17-18-32(28)33/h13-18,25-26,41H,2-12,19-24H2,1H3,(H,42,43). The number of benzene rings is 2. The third-order valence-corrected chi connectivity index (χ3v) is 10.4. The van der Waals surface area contributed by atoms with Crippen molar-refractivity contribution in [3.8, 4) is 5.75 Å². The quantitative estimate of drug-likeness (QED) is 0.115. The van der Waals surface area contributed by atoms with Crippen LogP contribution in [0.4, 0.5) is 17.6 Å². The van der Waals surface area contributed by atoms with Gasteiger partial charge in [-0.1, -0.05) is 31.0 Å². The van der Waals surface area contributed by atoms with E-state index in [-0.39, 0.29) is 29.8 Å². The van der Waals surface area contributed by atoms with Gasteiger partial charge >= 0.3 is 12.1 Å². The van der Waals surface area contributed by atoms with Crippen molar-refractivity contribution in [2.24, 2.45) is 0 Å². The molecule has 0 aromatic heterocycles. The lowest BCUT2D eigenvalue weighted by Gasteiger charge is -2.28. The number of hydrogen-bond donors (Lipinski definition) is 2. The molecule has 2 aromatic rings. The van der Waals surface area contributed by atoms with E-state index >= 15 is 0 Å². The Kier molecular flexibility index (Phi) is 14.6. The van der Waals surface area contributed by atoms with E-state index in [9.17, 15) is 41.0 Å². The number of fused-ring (bicyclic) bond motifs is 1. The minimum absolute atomic E-state index is 0.0367. The molecule has 0 amide bonds. The molecule has 3 rings (SSSR count). The van der Waals surface area contributed by atoms with Gasteiger partial charge in [0.2, 0.25) is 0 Å². The van der Waals surface area contributed by atoms with E-state index in [1.54, 1.807) is 6.07 Å². The summed E-state index contributed by atoms with van der Waals surface area (Å²) in [7, 11) is -3.57. The summed E-state index contributed by atoms with van der Waals surface area (Å²) < 4.78 is 75.1. The molecule has 6 nitrogen and oxygen atoms in total. The van der Waals surface area contributed by atoms with Gasteiger partial charge in [0.25, 0.3) is 0 Å². The maximum absolute atomic E-state index is 13.7. The lowest BCUT2D eigenvalue weighted by molar-refractivity contribution is -0.138. The number of aliphatic carboxylic acids is 1. The molecule has 0 fully saturated rings. The Labute approximate surface area is 270 Å². The number of phenols is 1. The fourth-order valence-electron chi connectivity index (χ4n) is 6.24. The molecule has 0 saturated heterocycles. The number of aryl methyl sites for hydroxylation is 1. The van der Waals surface area contributed by atoms with Crippen LogP contribution in [0.3, 0.4) is 0 Å². The first-order valence-corrected chi connectivity index (χ1v) is 18.1. The molecule has 1 aliphatic rings. The summed E-state index contributed by atoms with van der Waals surface area (Å²) in [5.74, 6) is -1.60. The molecule has 0 aliphatic heterocycles. The summed E-state index contributed by atoms with van der Waals surface area (Å²) in [5.41, 5.74) is 5.69. The van der Waals surface area contributed by atoms with Crippen LogP contribution in [0.15, 0.2) is 42.5 Å². The number of unbranched alkanes of at least 4 members (excludes halogenated alkanes) is 4. The number of phenolic OH excluding ortho intramolecular Hbond substituents is 1. The maximum atomic E-state index is 13.7. The molecule has 0 saturated carbocycles. The predicted molar refractivity (Wildman–Crippen MR) is 174 cm³/mol. The first-order chi connectivity index (χ1) is 21.7. The van der Waals surface area contributed by atoms with Crippen molar-refractivity contribution in [3.63, 3.8) is 0 Å². The van der Waals surface area contributed by atoms with Crippen LogP contribution in [0, 0.1) is 5.82 Å². The van der Waals surface area contributed by atoms with Gasteiger partial charge in [0.05, 0.1) is 17.9 Å². The summed E-state index contributed by atoms with van der Waals surface area (Å²) in [6.45, 7) is 3.02. The molecule has 2 N–H and O–H groups in total. The number of carboxylic acid groups (broad SMARTS) is 1. The molecule has 1 atom stereocenters. The molecular formula is C35H47F4NO5S. The van der Waals surface area contributed by atoms with Crippen molar-refractivity contribution in [1.82, 2.24) is 4.90 Å². The molecule has 0 spiro atoms. The number of nitrogens with zero attached hydrogens (tertiary/aromatic N) is 1. The Bertz CT molecular complexity index is 1410. The highest BCUT2D eigenvalue weighted by Gasteiger charge is 2.27. The molecule has 0 heterocycles. The second kappa shape index (κ2) is 17.8. The number of aromatic hydroxyl groups is 1. The number of rotatable bonds is 19. The van der Waals surface area contributed by atoms with E-state index < -0.39 is 40.6 Å². The molecule has 1 unspecified atom stereocenters. The topological polar surface area (TPSA) is 94.9 Å². The van der Waals surface area contributed by atoms with Gasteiger partial charge in [0, 0.05) is 12.5 Å². The van der Waals surface area contributed by atoms with E-state index in [0.29, 0.717) is 25.9 Å². The first kappa shape index (κ1) is 37.5. The Hall–Kier alpha value is -2.92. The predicted octanol–water partition coefficient (Wildman–Crippen LogP) is 8.43. The number of halogens is 4. The average molecular weight is 670 g/mol. The SMILES string of the molecule is CC(CC(=O)O)N(CCCCCCC1=C(c2ccc(F)cc2)CCCc2cc(O)ccc21)CCCCS(=O)(=O)CCCC(F)(F)F. The highest BCUT2D eigenvalue weighted by atomic mass is 32.2. The fraction of sp³-hybridized carbons (Fsp3) is 0.571. The van der Waals surface area contributed by atoms with Gasteiger partial charge in [0.15, 0.2) is 0 Å². The van der Waals surface area contributed by atoms with Crippen molar-refractivity contribution in [2.75, 3.05) is 24.6 Å². The van der Waals surface area contributed by atoms with E-state index in [4.69, 9.17) is 0 Å². The third-order valence-electron chi connectivity index (χ3n) is 8.63. The van der Waals surface area contributed by atoms with Crippen molar-refractivity contribution < 1.29 is 41.0 Å². The van der Waals surface area contributed by atoms with Gasteiger partial charge in [-0.2, -0.15) is 13.2 Å². The second-order valence-corrected chi connectivity index (χ2v) is 14.7. The Balaban J connectivity index is 1.54. The van der Waals surface area contributed by atoms with Crippen LogP contribution < -0.4 is 0 Å². The fourth-order valence-corrected chi connectivity index (χ4v) is 7.67.